The molecule has 0 aliphatic heterocycles. The third-order valence-corrected chi connectivity index (χ3v) is 6.38. The highest BCUT2D eigenvalue weighted by Gasteiger charge is 2.15. The maximum absolute atomic E-state index is 12.7. The van der Waals surface area contributed by atoms with Gasteiger partial charge in [-0.3, -0.25) is 14.2 Å². The van der Waals surface area contributed by atoms with Crippen LogP contribution in [0.15, 0.2) is 28.4 Å². The van der Waals surface area contributed by atoms with E-state index in [-0.39, 0.29) is 5.56 Å². The van der Waals surface area contributed by atoms with Gasteiger partial charge in [-0.05, 0) is 50.2 Å². The van der Waals surface area contributed by atoms with Crippen molar-refractivity contribution in [2.75, 3.05) is 5.32 Å². The molecule has 148 valence electrons. The zero-order chi connectivity index (χ0) is 19.7. The molecule has 1 aliphatic carbocycles. The Labute approximate surface area is 173 Å². The van der Waals surface area contributed by atoms with Gasteiger partial charge in [-0.1, -0.05) is 19.3 Å². The van der Waals surface area contributed by atoms with Crippen LogP contribution >= 0.6 is 23.6 Å². The number of aryl methyl sites for hydroxylation is 1. The highest BCUT2D eigenvalue weighted by Crippen LogP contribution is 2.20. The van der Waals surface area contributed by atoms with Crippen molar-refractivity contribution in [3.05, 3.63) is 44.6 Å². The first-order valence-electron chi connectivity index (χ1n) is 9.69. The summed E-state index contributed by atoms with van der Waals surface area (Å²) in [6, 6.07) is 6.28. The Bertz CT molecular complexity index is 1060. The molecule has 0 amide bonds. The van der Waals surface area contributed by atoms with Crippen LogP contribution in [0, 0.1) is 6.92 Å². The van der Waals surface area contributed by atoms with Gasteiger partial charge >= 0.3 is 0 Å². The number of nitrogens with one attached hydrogen (secondary N) is 2. The van der Waals surface area contributed by atoms with Crippen LogP contribution in [0.3, 0.4) is 0 Å². The molecule has 1 saturated carbocycles. The second-order valence-electron chi connectivity index (χ2n) is 7.41. The van der Waals surface area contributed by atoms with E-state index in [2.05, 4.69) is 15.6 Å². The lowest BCUT2D eigenvalue weighted by Gasteiger charge is -2.24. The molecule has 2 aromatic heterocycles. The smallest absolute Gasteiger partial charge is 0.274 e. The Balaban J connectivity index is 1.54. The molecular weight excluding hydrogens is 390 g/mol. The van der Waals surface area contributed by atoms with E-state index in [4.69, 9.17) is 12.2 Å². The van der Waals surface area contributed by atoms with Crippen LogP contribution in [0.4, 0.5) is 5.69 Å². The van der Waals surface area contributed by atoms with E-state index in [1.54, 1.807) is 23.1 Å². The molecule has 2 heterocycles. The summed E-state index contributed by atoms with van der Waals surface area (Å²) < 4.78 is 3.62. The van der Waals surface area contributed by atoms with E-state index in [1.165, 1.54) is 32.1 Å². The minimum atomic E-state index is -0.0169. The number of anilines is 1. The van der Waals surface area contributed by atoms with Crippen molar-refractivity contribution in [3.8, 4) is 0 Å². The standard InChI is InChI=1S/C20H25N5OS2/c1-13-21-16(12-28-13)11-25-18-9-8-15(10-17(18)19(26)24(25)2)23-20(27)22-14-6-4-3-5-7-14/h8-10,12,14H,3-7,11H2,1-2H3,(H2,22,23,27). The Kier molecular flexibility index (Phi) is 5.50. The summed E-state index contributed by atoms with van der Waals surface area (Å²) in [5, 5.41) is 11.0. The zero-order valence-corrected chi connectivity index (χ0v) is 17.8. The highest BCUT2D eigenvalue weighted by atomic mass is 32.1. The monoisotopic (exact) mass is 415 g/mol. The maximum atomic E-state index is 12.7. The predicted molar refractivity (Wildman–Crippen MR) is 119 cm³/mol. The number of hydrogen-bond acceptors (Lipinski definition) is 4. The Morgan fingerprint density at radius 2 is 2.11 bits per heavy atom. The van der Waals surface area contributed by atoms with Gasteiger partial charge in [0.15, 0.2) is 5.11 Å². The van der Waals surface area contributed by atoms with Gasteiger partial charge in [0.25, 0.3) is 5.56 Å². The summed E-state index contributed by atoms with van der Waals surface area (Å²) in [5.74, 6) is 0. The van der Waals surface area contributed by atoms with Crippen molar-refractivity contribution in [1.29, 1.82) is 0 Å². The largest absolute Gasteiger partial charge is 0.360 e. The van der Waals surface area contributed by atoms with Gasteiger partial charge in [-0.2, -0.15) is 0 Å². The molecule has 0 bridgehead atoms. The predicted octanol–water partition coefficient (Wildman–Crippen LogP) is 3.77. The molecule has 28 heavy (non-hydrogen) atoms. The van der Waals surface area contributed by atoms with Gasteiger partial charge in [0.05, 0.1) is 28.1 Å². The second-order valence-corrected chi connectivity index (χ2v) is 8.88. The molecule has 0 unspecified atom stereocenters. The van der Waals surface area contributed by atoms with Gasteiger partial charge in [-0.15, -0.1) is 11.3 Å². The fourth-order valence-electron chi connectivity index (χ4n) is 3.88. The number of benzene rings is 1. The molecule has 6 nitrogen and oxygen atoms in total. The minimum absolute atomic E-state index is 0.0169. The van der Waals surface area contributed by atoms with Crippen LogP contribution in [-0.4, -0.2) is 25.5 Å². The third kappa shape index (κ3) is 3.98. The molecule has 1 aliphatic rings. The normalized spacial score (nSPS) is 15.1. The summed E-state index contributed by atoms with van der Waals surface area (Å²) in [5.41, 5.74) is 2.68. The van der Waals surface area contributed by atoms with Crippen LogP contribution < -0.4 is 16.2 Å². The van der Waals surface area contributed by atoms with Crippen LogP contribution in [0.25, 0.3) is 10.9 Å². The first kappa shape index (κ1) is 19.1. The molecule has 0 saturated heterocycles. The SMILES string of the molecule is Cc1nc(Cn2c3ccc(NC(=S)NC4CCCCC4)cc3c(=O)n2C)cs1. The van der Waals surface area contributed by atoms with Gasteiger partial charge in [0, 0.05) is 24.2 Å². The molecule has 1 aromatic carbocycles. The summed E-state index contributed by atoms with van der Waals surface area (Å²) in [6.07, 6.45) is 6.17. The lowest BCUT2D eigenvalue weighted by molar-refractivity contribution is 0.415. The van der Waals surface area contributed by atoms with E-state index in [0.29, 0.717) is 23.1 Å². The van der Waals surface area contributed by atoms with Crippen molar-refractivity contribution in [1.82, 2.24) is 19.7 Å². The van der Waals surface area contributed by atoms with Crippen LogP contribution in [0.2, 0.25) is 0 Å². The van der Waals surface area contributed by atoms with Crippen molar-refractivity contribution in [3.63, 3.8) is 0 Å². The van der Waals surface area contributed by atoms with Crippen LogP contribution in [0.1, 0.15) is 42.8 Å². The second kappa shape index (κ2) is 8.05. The average molecular weight is 416 g/mol. The number of nitrogens with zero attached hydrogens (tertiary/aromatic N) is 3. The van der Waals surface area contributed by atoms with E-state index in [1.807, 2.05) is 35.2 Å². The molecule has 4 rings (SSSR count). The van der Waals surface area contributed by atoms with Crippen molar-refractivity contribution >= 4 is 45.3 Å². The van der Waals surface area contributed by atoms with Crippen LogP contribution in [-0.2, 0) is 13.6 Å². The Morgan fingerprint density at radius 1 is 1.32 bits per heavy atom. The summed E-state index contributed by atoms with van der Waals surface area (Å²) in [7, 11) is 1.80. The van der Waals surface area contributed by atoms with E-state index < -0.39 is 0 Å². The number of fused-ring (bicyclic) bond motifs is 1. The molecule has 0 atom stereocenters. The minimum Gasteiger partial charge on any atom is -0.360 e. The highest BCUT2D eigenvalue weighted by molar-refractivity contribution is 7.80. The summed E-state index contributed by atoms with van der Waals surface area (Å²) in [6.45, 7) is 2.57. The molecule has 0 radical (unpaired) electrons. The van der Waals surface area contributed by atoms with E-state index >= 15 is 0 Å². The Hall–Kier alpha value is -2.19. The first-order valence-corrected chi connectivity index (χ1v) is 11.0. The Morgan fingerprint density at radius 3 is 2.82 bits per heavy atom. The van der Waals surface area contributed by atoms with Gasteiger partial charge in [0.2, 0.25) is 0 Å². The van der Waals surface area contributed by atoms with Crippen molar-refractivity contribution < 1.29 is 0 Å². The molecule has 1 fully saturated rings. The molecule has 8 heteroatoms. The third-order valence-electron chi connectivity index (χ3n) is 5.34. The topological polar surface area (TPSA) is 63.9 Å². The fourth-order valence-corrected chi connectivity index (χ4v) is 4.77. The van der Waals surface area contributed by atoms with Gasteiger partial charge in [-0.25, -0.2) is 4.98 Å². The lowest BCUT2D eigenvalue weighted by Crippen LogP contribution is -2.38. The number of thiazole rings is 1. The fraction of sp³-hybridized carbons (Fsp3) is 0.450. The molecule has 3 aromatic rings. The van der Waals surface area contributed by atoms with Gasteiger partial charge in [0.1, 0.15) is 0 Å². The molecule has 0 spiro atoms. The van der Waals surface area contributed by atoms with Gasteiger partial charge < -0.3 is 10.6 Å². The number of aromatic nitrogens is 3. The molecule has 2 N–H and O–H groups in total. The number of hydrogen-bond donors (Lipinski definition) is 2. The van der Waals surface area contributed by atoms with Crippen molar-refractivity contribution in [2.45, 2.75) is 51.6 Å². The number of rotatable bonds is 4. The zero-order valence-electron chi connectivity index (χ0n) is 16.2. The van der Waals surface area contributed by atoms with Crippen LogP contribution in [0.5, 0.6) is 0 Å². The quantitative estimate of drug-likeness (QED) is 0.635. The molecular formula is C20H25N5OS2. The number of thiocarbonyl (C=S) groups is 1. The van der Waals surface area contributed by atoms with Crippen molar-refractivity contribution in [2.24, 2.45) is 7.05 Å². The summed E-state index contributed by atoms with van der Waals surface area (Å²) in [4.78, 5) is 17.3. The van der Waals surface area contributed by atoms with E-state index in [0.717, 1.165) is 21.9 Å². The summed E-state index contributed by atoms with van der Waals surface area (Å²) >= 11 is 7.10. The maximum Gasteiger partial charge on any atom is 0.274 e. The first-order chi connectivity index (χ1) is 13.5. The average Bonchev–Trinajstić information content (AvgIpc) is 3.19. The van der Waals surface area contributed by atoms with E-state index in [9.17, 15) is 4.79 Å². The lowest BCUT2D eigenvalue weighted by atomic mass is 9.96.